The number of sulfone groups is 1. The maximum Gasteiger partial charge on any atom is 0.266 e. The third-order valence-electron chi connectivity index (χ3n) is 2.64. The second-order valence-electron chi connectivity index (χ2n) is 4.28. The van der Waals surface area contributed by atoms with Crippen LogP contribution in [-0.4, -0.2) is 37.9 Å². The number of aromatic nitrogens is 3. The minimum Gasteiger partial charge on any atom is -0.398 e. The number of nitrogen functional groups attached to an aromatic ring is 1. The van der Waals surface area contributed by atoms with Crippen molar-refractivity contribution in [2.24, 2.45) is 7.05 Å². The predicted octanol–water partition coefficient (Wildman–Crippen LogP) is -0.398. The van der Waals surface area contributed by atoms with Gasteiger partial charge in [0.1, 0.15) is 11.2 Å². The number of sulfonamides is 1. The fourth-order valence-corrected chi connectivity index (χ4v) is 3.46. The highest BCUT2D eigenvalue weighted by molar-refractivity contribution is 7.93. The van der Waals surface area contributed by atoms with Gasteiger partial charge in [-0.15, -0.1) is 0 Å². The Morgan fingerprint density at radius 3 is 2.43 bits per heavy atom. The molecule has 0 aliphatic carbocycles. The van der Waals surface area contributed by atoms with Crippen molar-refractivity contribution < 1.29 is 16.8 Å². The zero-order chi connectivity index (χ0) is 15.8. The zero-order valence-corrected chi connectivity index (χ0v) is 12.8. The lowest BCUT2D eigenvalue weighted by molar-refractivity contribution is 0.599. The second-order valence-corrected chi connectivity index (χ2v) is 7.95. The highest BCUT2D eigenvalue weighted by Crippen LogP contribution is 2.24. The molecule has 0 radical (unpaired) electrons. The van der Waals surface area contributed by atoms with Gasteiger partial charge in [0.25, 0.3) is 10.0 Å². The zero-order valence-electron chi connectivity index (χ0n) is 11.2. The van der Waals surface area contributed by atoms with Gasteiger partial charge in [-0.25, -0.2) is 26.2 Å². The van der Waals surface area contributed by atoms with E-state index < -0.39 is 19.9 Å². The summed E-state index contributed by atoms with van der Waals surface area (Å²) in [5, 5.41) is 3.73. The van der Waals surface area contributed by atoms with E-state index in [1.807, 2.05) is 0 Å². The highest BCUT2D eigenvalue weighted by atomic mass is 32.2. The summed E-state index contributed by atoms with van der Waals surface area (Å²) in [6, 6.07) is 3.47. The summed E-state index contributed by atoms with van der Waals surface area (Å²) in [5.41, 5.74) is 5.56. The Balaban J connectivity index is 2.52. The first-order valence-electron chi connectivity index (χ1n) is 5.57. The van der Waals surface area contributed by atoms with Crippen LogP contribution in [0.4, 0.5) is 11.6 Å². The van der Waals surface area contributed by atoms with Crippen LogP contribution >= 0.6 is 0 Å². The summed E-state index contributed by atoms with van der Waals surface area (Å²) >= 11 is 0. The van der Waals surface area contributed by atoms with Crippen LogP contribution in [0.25, 0.3) is 0 Å². The average molecular weight is 331 g/mol. The molecule has 0 atom stereocenters. The van der Waals surface area contributed by atoms with Gasteiger partial charge in [-0.1, -0.05) is 0 Å². The summed E-state index contributed by atoms with van der Waals surface area (Å²) in [6.45, 7) is 0. The van der Waals surface area contributed by atoms with Gasteiger partial charge in [0.05, 0.1) is 10.6 Å². The molecule has 1 aromatic carbocycles. The Bertz CT molecular complexity index is 886. The standard InChI is InChI=1S/C10H13N5O4S2/c1-15-10(12-6-13-15)14-21(18,19)9-5-7(20(2,16)17)3-4-8(9)11/h3-6H,11H2,1-2H3,(H,12,13,14). The van der Waals surface area contributed by atoms with Crippen molar-refractivity contribution in [1.29, 1.82) is 0 Å². The first-order valence-corrected chi connectivity index (χ1v) is 8.95. The van der Waals surface area contributed by atoms with E-state index in [4.69, 9.17) is 5.73 Å². The molecule has 0 amide bonds. The maximum atomic E-state index is 12.3. The normalized spacial score (nSPS) is 12.3. The van der Waals surface area contributed by atoms with E-state index in [0.717, 1.165) is 12.3 Å². The van der Waals surface area contributed by atoms with Crippen molar-refractivity contribution in [2.75, 3.05) is 16.7 Å². The average Bonchev–Trinajstić information content (AvgIpc) is 2.73. The molecular formula is C10H13N5O4S2. The Hall–Kier alpha value is -2.14. The number of nitrogens with zero attached hydrogens (tertiary/aromatic N) is 3. The van der Waals surface area contributed by atoms with E-state index in [2.05, 4.69) is 14.8 Å². The fourth-order valence-electron chi connectivity index (χ4n) is 1.54. The molecule has 11 heteroatoms. The van der Waals surface area contributed by atoms with Gasteiger partial charge in [0.15, 0.2) is 9.84 Å². The number of hydrogen-bond acceptors (Lipinski definition) is 7. The monoisotopic (exact) mass is 331 g/mol. The minimum absolute atomic E-state index is 0.0147. The van der Waals surface area contributed by atoms with Gasteiger partial charge in [-0.05, 0) is 18.2 Å². The van der Waals surface area contributed by atoms with E-state index in [0.29, 0.717) is 0 Å². The fraction of sp³-hybridized carbons (Fsp3) is 0.200. The summed E-state index contributed by atoms with van der Waals surface area (Å²) in [6.07, 6.45) is 2.15. The number of hydrogen-bond donors (Lipinski definition) is 2. The van der Waals surface area contributed by atoms with Crippen LogP contribution in [0.1, 0.15) is 0 Å². The SMILES string of the molecule is Cn1ncnc1NS(=O)(=O)c1cc(S(C)(=O)=O)ccc1N. The maximum absolute atomic E-state index is 12.3. The molecule has 0 unspecified atom stereocenters. The molecule has 0 bridgehead atoms. The van der Waals surface area contributed by atoms with Crippen molar-refractivity contribution in [3.8, 4) is 0 Å². The molecule has 2 aromatic rings. The van der Waals surface area contributed by atoms with Crippen LogP contribution in [0, 0.1) is 0 Å². The molecule has 1 aromatic heterocycles. The number of nitrogens with two attached hydrogens (primary N) is 1. The molecule has 0 aliphatic rings. The van der Waals surface area contributed by atoms with E-state index in [1.54, 1.807) is 0 Å². The van der Waals surface area contributed by atoms with Crippen molar-refractivity contribution in [2.45, 2.75) is 9.79 Å². The summed E-state index contributed by atoms with van der Waals surface area (Å²) in [4.78, 5) is 3.25. The summed E-state index contributed by atoms with van der Waals surface area (Å²) in [7, 11) is -6.13. The molecule has 0 spiro atoms. The third kappa shape index (κ3) is 3.13. The third-order valence-corrected chi connectivity index (χ3v) is 5.13. The number of benzene rings is 1. The first-order chi connectivity index (χ1) is 9.61. The van der Waals surface area contributed by atoms with Gasteiger partial charge >= 0.3 is 0 Å². The van der Waals surface area contributed by atoms with E-state index in [1.165, 1.54) is 30.2 Å². The van der Waals surface area contributed by atoms with Crippen molar-refractivity contribution in [1.82, 2.24) is 14.8 Å². The highest BCUT2D eigenvalue weighted by Gasteiger charge is 2.22. The van der Waals surface area contributed by atoms with Crippen LogP contribution in [0.2, 0.25) is 0 Å². The van der Waals surface area contributed by atoms with Gasteiger partial charge in [0, 0.05) is 13.3 Å². The second kappa shape index (κ2) is 5.00. The van der Waals surface area contributed by atoms with Crippen molar-refractivity contribution in [3.05, 3.63) is 24.5 Å². The minimum atomic E-state index is -4.08. The van der Waals surface area contributed by atoms with Gasteiger partial charge in [0.2, 0.25) is 5.95 Å². The molecule has 0 fully saturated rings. The lowest BCUT2D eigenvalue weighted by atomic mass is 10.3. The van der Waals surface area contributed by atoms with E-state index in [-0.39, 0.29) is 21.4 Å². The van der Waals surface area contributed by atoms with Gasteiger partial charge in [-0.3, -0.25) is 0 Å². The molecule has 0 saturated carbocycles. The van der Waals surface area contributed by atoms with E-state index >= 15 is 0 Å². The lowest BCUT2D eigenvalue weighted by Gasteiger charge is -2.10. The summed E-state index contributed by atoms with van der Waals surface area (Å²) in [5.74, 6) is -0.0147. The molecule has 1 heterocycles. The molecule has 114 valence electrons. The molecule has 21 heavy (non-hydrogen) atoms. The molecule has 9 nitrogen and oxygen atoms in total. The van der Waals surface area contributed by atoms with Crippen LogP contribution < -0.4 is 10.5 Å². The molecule has 0 aliphatic heterocycles. The Labute approximate surface area is 121 Å². The van der Waals surface area contributed by atoms with Crippen LogP contribution in [0.3, 0.4) is 0 Å². The Kier molecular flexibility index (Phi) is 3.63. The van der Waals surface area contributed by atoms with Gasteiger partial charge in [-0.2, -0.15) is 10.1 Å². The summed E-state index contributed by atoms with van der Waals surface area (Å²) < 4.78 is 51.0. The van der Waals surface area contributed by atoms with E-state index in [9.17, 15) is 16.8 Å². The quantitative estimate of drug-likeness (QED) is 0.727. The van der Waals surface area contributed by atoms with Crippen molar-refractivity contribution in [3.63, 3.8) is 0 Å². The number of aryl methyl sites for hydroxylation is 1. The van der Waals surface area contributed by atoms with Gasteiger partial charge < -0.3 is 5.73 Å². The molecule has 3 N–H and O–H groups in total. The van der Waals surface area contributed by atoms with Crippen molar-refractivity contribution >= 4 is 31.5 Å². The predicted molar refractivity (Wildman–Crippen MR) is 75.8 cm³/mol. The topological polar surface area (TPSA) is 137 Å². The number of rotatable bonds is 4. The first kappa shape index (κ1) is 15.3. The molecular weight excluding hydrogens is 318 g/mol. The largest absolute Gasteiger partial charge is 0.398 e. The number of anilines is 2. The van der Waals surface area contributed by atoms with Crippen LogP contribution in [-0.2, 0) is 26.9 Å². The van der Waals surface area contributed by atoms with Crippen LogP contribution in [0.5, 0.6) is 0 Å². The lowest BCUT2D eigenvalue weighted by Crippen LogP contribution is -2.18. The Morgan fingerprint density at radius 2 is 1.90 bits per heavy atom. The molecule has 0 saturated heterocycles. The smallest absolute Gasteiger partial charge is 0.266 e. The number of nitrogens with one attached hydrogen (secondary N) is 1. The Morgan fingerprint density at radius 1 is 1.24 bits per heavy atom. The molecule has 2 rings (SSSR count). The van der Waals surface area contributed by atoms with Crippen LogP contribution in [0.15, 0.2) is 34.3 Å².